The van der Waals surface area contributed by atoms with Gasteiger partial charge in [0.1, 0.15) is 5.69 Å². The quantitative estimate of drug-likeness (QED) is 0.239. The van der Waals surface area contributed by atoms with Crippen molar-refractivity contribution in [3.8, 4) is 11.5 Å². The van der Waals surface area contributed by atoms with Crippen LogP contribution in [-0.4, -0.2) is 70.5 Å². The van der Waals surface area contributed by atoms with Crippen LogP contribution < -0.4 is 25.0 Å². The zero-order chi connectivity index (χ0) is 31.3. The van der Waals surface area contributed by atoms with E-state index in [1.807, 2.05) is 30.0 Å². The number of hydrogen-bond acceptors (Lipinski definition) is 9. The molecule has 13 heteroatoms. The number of ether oxygens (including phenoxy) is 2. The van der Waals surface area contributed by atoms with Gasteiger partial charge in [-0.1, -0.05) is 12.1 Å². The van der Waals surface area contributed by atoms with E-state index in [4.69, 9.17) is 9.47 Å². The second-order valence-electron chi connectivity index (χ2n) is 10.3. The van der Waals surface area contributed by atoms with E-state index < -0.39 is 14.9 Å². The molecule has 3 aromatic carbocycles. The maximum absolute atomic E-state index is 13.6. The Bertz CT molecular complexity index is 1620. The number of carbonyl (C=O) groups is 1. The highest BCUT2D eigenvalue weighted by Crippen LogP contribution is 2.33. The van der Waals surface area contributed by atoms with E-state index in [1.165, 1.54) is 17.3 Å². The summed E-state index contributed by atoms with van der Waals surface area (Å²) in [6, 6.07) is 13.8. The van der Waals surface area contributed by atoms with Gasteiger partial charge in [0.15, 0.2) is 11.5 Å². The first-order valence-electron chi connectivity index (χ1n) is 13.8. The van der Waals surface area contributed by atoms with E-state index in [1.54, 1.807) is 45.4 Å². The molecule has 0 unspecified atom stereocenters. The number of nitro groups is 1. The number of methoxy groups -OCH3 is 2. The summed E-state index contributed by atoms with van der Waals surface area (Å²) in [5.74, 6) is 0.964. The highest BCUT2D eigenvalue weighted by atomic mass is 32.2. The Kier molecular flexibility index (Phi) is 9.77. The summed E-state index contributed by atoms with van der Waals surface area (Å²) in [6.07, 6.45) is 0.598. The fraction of sp³-hybridized carbons (Fsp3) is 0.367. The van der Waals surface area contributed by atoms with Crippen molar-refractivity contribution >= 4 is 38.7 Å². The molecule has 0 radical (unpaired) electrons. The van der Waals surface area contributed by atoms with Crippen molar-refractivity contribution in [2.24, 2.45) is 0 Å². The zero-order valence-corrected chi connectivity index (χ0v) is 25.8. The van der Waals surface area contributed by atoms with E-state index in [9.17, 15) is 23.3 Å². The molecule has 3 aromatic rings. The first kappa shape index (κ1) is 31.6. The Morgan fingerprint density at radius 2 is 1.67 bits per heavy atom. The number of benzene rings is 3. The number of sulfonamides is 1. The van der Waals surface area contributed by atoms with E-state index >= 15 is 0 Å². The lowest BCUT2D eigenvalue weighted by Gasteiger charge is -2.36. The third kappa shape index (κ3) is 7.00. The van der Waals surface area contributed by atoms with Crippen molar-refractivity contribution in [3.63, 3.8) is 0 Å². The third-order valence-corrected chi connectivity index (χ3v) is 9.54. The molecule has 1 aliphatic heterocycles. The first-order chi connectivity index (χ1) is 20.5. The van der Waals surface area contributed by atoms with Crippen LogP contribution in [0, 0.1) is 24.0 Å². The Balaban J connectivity index is 1.46. The van der Waals surface area contributed by atoms with Crippen LogP contribution in [0.2, 0.25) is 0 Å². The number of amides is 1. The molecule has 0 spiro atoms. The van der Waals surface area contributed by atoms with Gasteiger partial charge in [0, 0.05) is 57.1 Å². The molecule has 1 saturated heterocycles. The number of nitrogens with zero attached hydrogens (tertiary/aromatic N) is 3. The topological polar surface area (TPSA) is 143 Å². The lowest BCUT2D eigenvalue weighted by atomic mass is 10.1. The van der Waals surface area contributed by atoms with Gasteiger partial charge >= 0.3 is 0 Å². The van der Waals surface area contributed by atoms with Crippen molar-refractivity contribution in [1.29, 1.82) is 0 Å². The molecule has 1 aliphatic rings. The summed E-state index contributed by atoms with van der Waals surface area (Å²) in [7, 11) is -0.674. The van der Waals surface area contributed by atoms with Crippen LogP contribution in [-0.2, 0) is 21.2 Å². The number of anilines is 3. The zero-order valence-electron chi connectivity index (χ0n) is 25.0. The number of hydrogen-bond donors (Lipinski definition) is 2. The minimum atomic E-state index is -3.81. The molecule has 1 fully saturated rings. The Morgan fingerprint density at radius 1 is 0.977 bits per heavy atom. The standard InChI is InChI=1S/C30H37N5O7S/c1-20-6-11-29(21(2)30(20)32-22(3)36)43(39,40)34-16-14-33(15-17-34)24-8-9-26(35(37)38)25(19-24)31-13-12-23-7-10-27(41-4)28(18-23)42-5/h6-11,18-19,31H,12-17H2,1-5H3,(H,32,36). The van der Waals surface area contributed by atoms with Crippen molar-refractivity contribution in [1.82, 2.24) is 4.31 Å². The first-order valence-corrected chi connectivity index (χ1v) is 15.3. The summed E-state index contributed by atoms with van der Waals surface area (Å²) in [4.78, 5) is 25.2. The Hall–Kier alpha value is -4.36. The second-order valence-corrected chi connectivity index (χ2v) is 12.2. The van der Waals surface area contributed by atoms with Gasteiger partial charge in [-0.25, -0.2) is 8.42 Å². The number of nitrogens with one attached hydrogen (secondary N) is 2. The SMILES string of the molecule is COc1ccc(CCNc2cc(N3CCN(S(=O)(=O)c4ccc(C)c(NC(C)=O)c4C)CC3)ccc2[N+](=O)[O-])cc1OC. The molecule has 2 N–H and O–H groups in total. The van der Waals surface area contributed by atoms with E-state index in [0.717, 1.165) is 16.8 Å². The molecule has 1 heterocycles. The molecule has 0 aliphatic carbocycles. The minimum absolute atomic E-state index is 0.0397. The summed E-state index contributed by atoms with van der Waals surface area (Å²) < 4.78 is 39.2. The van der Waals surface area contributed by atoms with E-state index in [2.05, 4.69) is 10.6 Å². The summed E-state index contributed by atoms with van der Waals surface area (Å²) in [5.41, 5.74) is 3.87. The smallest absolute Gasteiger partial charge is 0.292 e. The second kappa shape index (κ2) is 13.3. The number of piperazine rings is 1. The van der Waals surface area contributed by atoms with Crippen LogP contribution in [0.15, 0.2) is 53.4 Å². The molecule has 230 valence electrons. The maximum atomic E-state index is 13.6. The number of aryl methyl sites for hydroxylation is 1. The van der Waals surface area contributed by atoms with Crippen molar-refractivity contribution < 1.29 is 27.6 Å². The molecular formula is C30H37N5O7S. The summed E-state index contributed by atoms with van der Waals surface area (Å²) in [6.45, 7) is 6.64. The average molecular weight is 612 g/mol. The molecule has 0 atom stereocenters. The fourth-order valence-electron chi connectivity index (χ4n) is 5.20. The van der Waals surface area contributed by atoms with Crippen LogP contribution in [0.1, 0.15) is 23.6 Å². The van der Waals surface area contributed by atoms with Crippen LogP contribution >= 0.6 is 0 Å². The molecule has 4 rings (SSSR count). The van der Waals surface area contributed by atoms with Crippen molar-refractivity contribution in [3.05, 3.63) is 75.3 Å². The highest BCUT2D eigenvalue weighted by molar-refractivity contribution is 7.89. The van der Waals surface area contributed by atoms with Crippen LogP contribution in [0.4, 0.5) is 22.7 Å². The lowest BCUT2D eigenvalue weighted by molar-refractivity contribution is -0.383. The lowest BCUT2D eigenvalue weighted by Crippen LogP contribution is -2.48. The molecule has 0 saturated carbocycles. The van der Waals surface area contributed by atoms with Gasteiger partial charge in [0.05, 0.1) is 24.0 Å². The Labute approximate surface area is 251 Å². The monoisotopic (exact) mass is 611 g/mol. The summed E-state index contributed by atoms with van der Waals surface area (Å²) in [5, 5.41) is 17.7. The number of carbonyl (C=O) groups excluding carboxylic acids is 1. The molecule has 0 aromatic heterocycles. The van der Waals surface area contributed by atoms with Crippen molar-refractivity contribution in [2.75, 3.05) is 62.5 Å². The Morgan fingerprint density at radius 3 is 2.30 bits per heavy atom. The van der Waals surface area contributed by atoms with Gasteiger partial charge in [-0.3, -0.25) is 14.9 Å². The van der Waals surface area contributed by atoms with Gasteiger partial charge < -0.3 is 25.0 Å². The largest absolute Gasteiger partial charge is 0.493 e. The summed E-state index contributed by atoms with van der Waals surface area (Å²) >= 11 is 0. The number of nitro benzene ring substituents is 1. The normalized spacial score (nSPS) is 13.8. The van der Waals surface area contributed by atoms with Gasteiger partial charge in [-0.2, -0.15) is 4.31 Å². The van der Waals surface area contributed by atoms with Crippen molar-refractivity contribution in [2.45, 2.75) is 32.1 Å². The predicted octanol–water partition coefficient (Wildman–Crippen LogP) is 4.35. The molecule has 1 amide bonds. The van der Waals surface area contributed by atoms with E-state index in [0.29, 0.717) is 54.5 Å². The van der Waals surface area contributed by atoms with E-state index in [-0.39, 0.29) is 29.6 Å². The fourth-order valence-corrected chi connectivity index (χ4v) is 6.85. The molecule has 43 heavy (non-hydrogen) atoms. The third-order valence-electron chi connectivity index (χ3n) is 7.50. The number of rotatable bonds is 11. The van der Waals surface area contributed by atoms with Crippen LogP contribution in [0.25, 0.3) is 0 Å². The predicted molar refractivity (Wildman–Crippen MR) is 166 cm³/mol. The molecule has 0 bridgehead atoms. The molecular weight excluding hydrogens is 574 g/mol. The van der Waals surface area contributed by atoms with Gasteiger partial charge in [-0.05, 0) is 67.3 Å². The van der Waals surface area contributed by atoms with Crippen LogP contribution in [0.3, 0.4) is 0 Å². The maximum Gasteiger partial charge on any atom is 0.292 e. The van der Waals surface area contributed by atoms with Gasteiger partial charge in [0.2, 0.25) is 15.9 Å². The van der Waals surface area contributed by atoms with Gasteiger partial charge in [-0.15, -0.1) is 0 Å². The average Bonchev–Trinajstić information content (AvgIpc) is 2.98. The minimum Gasteiger partial charge on any atom is -0.493 e. The van der Waals surface area contributed by atoms with Gasteiger partial charge in [0.25, 0.3) is 5.69 Å². The van der Waals surface area contributed by atoms with Crippen LogP contribution in [0.5, 0.6) is 11.5 Å². The highest BCUT2D eigenvalue weighted by Gasteiger charge is 2.31. The molecule has 12 nitrogen and oxygen atoms in total.